The maximum absolute atomic E-state index is 9.13. The molecule has 0 aliphatic carbocycles. The Morgan fingerprint density at radius 1 is 1.23 bits per heavy atom. The van der Waals surface area contributed by atoms with Crippen molar-refractivity contribution >= 4 is 11.8 Å². The zero-order valence-electron chi connectivity index (χ0n) is 6.90. The number of nitrogens with one attached hydrogen (secondary N) is 2. The highest BCUT2D eigenvalue weighted by Gasteiger charge is 1.78. The molecule has 0 spiro atoms. The number of anilines is 1. The zero-order chi connectivity index (χ0) is 10.1. The number of hydrazine groups is 2. The van der Waals surface area contributed by atoms with Crippen LogP contribution in [0, 0.1) is 0 Å². The number of nitrogens with two attached hydrogens (primary N) is 2. The molecule has 0 aliphatic heterocycles. The van der Waals surface area contributed by atoms with E-state index in [9.17, 15) is 0 Å². The number of carbonyl (C=O) groups is 1. The van der Waals surface area contributed by atoms with Crippen LogP contribution in [0.1, 0.15) is 0 Å². The van der Waals surface area contributed by atoms with Gasteiger partial charge in [-0.1, -0.05) is 18.2 Å². The molecule has 7 N–H and O–H groups in total. The Kier molecular flexibility index (Phi) is 5.94. The second-order valence-corrected chi connectivity index (χ2v) is 1.96. The Bertz CT molecular complexity index is 240. The van der Waals surface area contributed by atoms with Crippen molar-refractivity contribution in [3.63, 3.8) is 0 Å². The molecule has 0 atom stereocenters. The minimum absolute atomic E-state index is 0.938. The van der Waals surface area contributed by atoms with E-state index >= 15 is 0 Å². The average Bonchev–Trinajstić information content (AvgIpc) is 2.20. The predicted octanol–water partition coefficient (Wildman–Crippen LogP) is 0.0999. The summed E-state index contributed by atoms with van der Waals surface area (Å²) >= 11 is 0. The number of nitrogen functional groups attached to an aromatic ring is 1. The minimum atomic E-state index is -1.22. The number of carboxylic acid groups (broad SMARTS) is 1. The number of amides is 1. The SMILES string of the molecule is NNC(=O)O.NNc1ccccc1. The van der Waals surface area contributed by atoms with Gasteiger partial charge in [-0.2, -0.15) is 0 Å². The lowest BCUT2D eigenvalue weighted by molar-refractivity contribution is 0.194. The first-order chi connectivity index (χ1) is 6.20. The van der Waals surface area contributed by atoms with Gasteiger partial charge in [-0.05, 0) is 12.1 Å². The summed E-state index contributed by atoms with van der Waals surface area (Å²) < 4.78 is 0. The van der Waals surface area contributed by atoms with Gasteiger partial charge in [-0.3, -0.25) is 11.3 Å². The molecule has 1 amide bonds. The van der Waals surface area contributed by atoms with Gasteiger partial charge in [0.2, 0.25) is 0 Å². The Labute approximate surface area is 75.5 Å². The Hall–Kier alpha value is -1.79. The highest BCUT2D eigenvalue weighted by molar-refractivity contribution is 5.63. The number of hydrogen-bond donors (Lipinski definition) is 5. The third-order valence-corrected chi connectivity index (χ3v) is 1.06. The molecular weight excluding hydrogens is 172 g/mol. The van der Waals surface area contributed by atoms with E-state index in [2.05, 4.69) is 11.3 Å². The molecule has 0 radical (unpaired) electrons. The molecule has 0 heterocycles. The molecule has 72 valence electrons. The Balaban J connectivity index is 0.000000252. The topological polar surface area (TPSA) is 113 Å². The van der Waals surface area contributed by atoms with Crippen LogP contribution in [0.5, 0.6) is 0 Å². The summed E-state index contributed by atoms with van der Waals surface area (Å²) in [6, 6.07) is 9.60. The third-order valence-electron chi connectivity index (χ3n) is 1.06. The second-order valence-electron chi connectivity index (χ2n) is 1.96. The second kappa shape index (κ2) is 6.89. The lowest BCUT2D eigenvalue weighted by Gasteiger charge is -1.94. The van der Waals surface area contributed by atoms with Gasteiger partial charge in [0.05, 0.1) is 0 Å². The summed E-state index contributed by atoms with van der Waals surface area (Å²) in [5, 5.41) is 7.49. The summed E-state index contributed by atoms with van der Waals surface area (Å²) in [7, 11) is 0. The van der Waals surface area contributed by atoms with Crippen LogP contribution in [-0.2, 0) is 0 Å². The van der Waals surface area contributed by atoms with Gasteiger partial charge < -0.3 is 10.5 Å². The number of benzene rings is 1. The number of para-hydroxylation sites is 1. The molecule has 0 aromatic heterocycles. The van der Waals surface area contributed by atoms with Gasteiger partial charge in [0, 0.05) is 5.69 Å². The van der Waals surface area contributed by atoms with Crippen molar-refractivity contribution < 1.29 is 9.90 Å². The smallest absolute Gasteiger partial charge is 0.418 e. The molecule has 13 heavy (non-hydrogen) atoms. The van der Waals surface area contributed by atoms with Crippen LogP contribution in [0.15, 0.2) is 30.3 Å². The molecular formula is C7H12N4O2. The Morgan fingerprint density at radius 3 is 1.92 bits per heavy atom. The molecule has 0 saturated carbocycles. The minimum Gasteiger partial charge on any atom is -0.464 e. The van der Waals surface area contributed by atoms with Gasteiger partial charge in [0.1, 0.15) is 0 Å². The van der Waals surface area contributed by atoms with E-state index in [0.29, 0.717) is 0 Å². The molecule has 0 unspecified atom stereocenters. The molecule has 1 aromatic carbocycles. The van der Waals surface area contributed by atoms with E-state index in [1.165, 1.54) is 5.43 Å². The van der Waals surface area contributed by atoms with Crippen LogP contribution in [-0.4, -0.2) is 11.2 Å². The predicted molar refractivity (Wildman–Crippen MR) is 49.6 cm³/mol. The largest absolute Gasteiger partial charge is 0.464 e. The van der Waals surface area contributed by atoms with Gasteiger partial charge in [0.15, 0.2) is 0 Å². The normalized spacial score (nSPS) is 7.85. The fourth-order valence-corrected chi connectivity index (χ4v) is 0.534. The van der Waals surface area contributed by atoms with Gasteiger partial charge >= 0.3 is 6.09 Å². The first kappa shape index (κ1) is 11.2. The van der Waals surface area contributed by atoms with E-state index < -0.39 is 6.09 Å². The maximum Gasteiger partial charge on any atom is 0.418 e. The fourth-order valence-electron chi connectivity index (χ4n) is 0.534. The van der Waals surface area contributed by atoms with E-state index in [1.54, 1.807) is 0 Å². The maximum atomic E-state index is 9.13. The van der Waals surface area contributed by atoms with Crippen molar-refractivity contribution in [3.05, 3.63) is 30.3 Å². The van der Waals surface area contributed by atoms with Crippen molar-refractivity contribution in [2.24, 2.45) is 11.7 Å². The van der Waals surface area contributed by atoms with Crippen LogP contribution in [0.25, 0.3) is 0 Å². The van der Waals surface area contributed by atoms with Crippen LogP contribution in [0.4, 0.5) is 10.5 Å². The fraction of sp³-hybridized carbons (Fsp3) is 0. The quantitative estimate of drug-likeness (QED) is 0.241. The van der Waals surface area contributed by atoms with E-state index in [1.807, 2.05) is 30.3 Å². The summed E-state index contributed by atoms with van der Waals surface area (Å²) in [6.07, 6.45) is -1.22. The van der Waals surface area contributed by atoms with E-state index in [-0.39, 0.29) is 0 Å². The molecule has 1 aromatic rings. The third kappa shape index (κ3) is 6.60. The van der Waals surface area contributed by atoms with Crippen LogP contribution in [0.2, 0.25) is 0 Å². The average molecular weight is 184 g/mol. The van der Waals surface area contributed by atoms with Crippen LogP contribution in [0.3, 0.4) is 0 Å². The monoisotopic (exact) mass is 184 g/mol. The standard InChI is InChI=1S/C6H8N2.CH4N2O2/c7-8-6-4-2-1-3-5-6;2-3-1(4)5/h1-5,8H,7H2;3H,2H2,(H,4,5). The molecule has 1 rings (SSSR count). The van der Waals surface area contributed by atoms with Crippen molar-refractivity contribution in [1.82, 2.24) is 5.43 Å². The van der Waals surface area contributed by atoms with Crippen LogP contribution < -0.4 is 22.5 Å². The van der Waals surface area contributed by atoms with Crippen molar-refractivity contribution in [1.29, 1.82) is 0 Å². The van der Waals surface area contributed by atoms with Crippen molar-refractivity contribution in [2.75, 3.05) is 5.43 Å². The summed E-state index contributed by atoms with van der Waals surface area (Å²) in [5.74, 6) is 9.42. The molecule has 0 saturated heterocycles. The van der Waals surface area contributed by atoms with Crippen molar-refractivity contribution in [3.8, 4) is 0 Å². The van der Waals surface area contributed by atoms with E-state index in [4.69, 9.17) is 15.7 Å². The zero-order valence-corrected chi connectivity index (χ0v) is 6.90. The highest BCUT2D eigenvalue weighted by atomic mass is 16.4. The number of hydrogen-bond acceptors (Lipinski definition) is 4. The molecule has 6 heteroatoms. The number of rotatable bonds is 1. The summed E-state index contributed by atoms with van der Waals surface area (Å²) in [4.78, 5) is 9.13. The van der Waals surface area contributed by atoms with Gasteiger partial charge in [-0.15, -0.1) is 0 Å². The molecule has 0 bridgehead atoms. The summed E-state index contributed by atoms with van der Waals surface area (Å²) in [6.45, 7) is 0. The highest BCUT2D eigenvalue weighted by Crippen LogP contribution is 2.00. The first-order valence-electron chi connectivity index (χ1n) is 3.42. The first-order valence-corrected chi connectivity index (χ1v) is 3.42. The lowest BCUT2D eigenvalue weighted by Crippen LogP contribution is -2.27. The summed E-state index contributed by atoms with van der Waals surface area (Å²) in [5.41, 5.74) is 4.91. The van der Waals surface area contributed by atoms with Crippen molar-refractivity contribution in [2.45, 2.75) is 0 Å². The Morgan fingerprint density at radius 2 is 1.69 bits per heavy atom. The molecule has 6 nitrogen and oxygen atoms in total. The van der Waals surface area contributed by atoms with Gasteiger partial charge in [0.25, 0.3) is 0 Å². The van der Waals surface area contributed by atoms with E-state index in [0.717, 1.165) is 5.69 Å². The van der Waals surface area contributed by atoms with Gasteiger partial charge in [-0.25, -0.2) is 10.6 Å². The van der Waals surface area contributed by atoms with Crippen LogP contribution >= 0.6 is 0 Å². The molecule has 0 aliphatic rings. The molecule has 0 fully saturated rings. The lowest BCUT2D eigenvalue weighted by atomic mass is 10.3.